The molecule has 1 aliphatic heterocycles. The Labute approximate surface area is 146 Å². The van der Waals surface area contributed by atoms with E-state index in [1.54, 1.807) is 0 Å². The van der Waals surface area contributed by atoms with Crippen molar-refractivity contribution in [3.05, 3.63) is 11.6 Å². The van der Waals surface area contributed by atoms with Crippen LogP contribution in [0.1, 0.15) is 41.5 Å². The van der Waals surface area contributed by atoms with Gasteiger partial charge in [-0.2, -0.15) is 0 Å². The van der Waals surface area contributed by atoms with E-state index >= 15 is 0 Å². The summed E-state index contributed by atoms with van der Waals surface area (Å²) in [6, 6.07) is 0. The third-order valence-corrected chi connectivity index (χ3v) is 14.8. The fourth-order valence-corrected chi connectivity index (χ4v) is 3.76. The lowest BCUT2D eigenvalue weighted by atomic mass is 10.2. The van der Waals surface area contributed by atoms with Crippen molar-refractivity contribution in [3.63, 3.8) is 0 Å². The minimum absolute atomic E-state index is 0.0638. The van der Waals surface area contributed by atoms with Gasteiger partial charge in [0.25, 0.3) is 0 Å². The van der Waals surface area contributed by atoms with Crippen LogP contribution in [0, 0.1) is 0 Å². The van der Waals surface area contributed by atoms with Crippen LogP contribution in [0.2, 0.25) is 36.3 Å². The van der Waals surface area contributed by atoms with Gasteiger partial charge in [-0.1, -0.05) is 47.6 Å². The zero-order valence-corrected chi connectivity index (χ0v) is 19.0. The van der Waals surface area contributed by atoms with E-state index in [0.29, 0.717) is 19.8 Å². The van der Waals surface area contributed by atoms with E-state index in [4.69, 9.17) is 13.6 Å². The molecule has 23 heavy (non-hydrogen) atoms. The van der Waals surface area contributed by atoms with Crippen LogP contribution in [0.5, 0.6) is 0 Å². The van der Waals surface area contributed by atoms with Gasteiger partial charge in [-0.25, -0.2) is 0 Å². The molecule has 0 unspecified atom stereocenters. The molecule has 0 aromatic carbocycles. The first-order valence-electron chi connectivity index (χ1n) is 8.76. The standard InChI is InChI=1S/C18H38O3Si2/c1-17(2,3)22(7,8)20-13-15-11-12-19-16(15)14-21-23(9,10)18(4,5)6/h11,16H,12-14H2,1-10H3/t16-/m1/s1. The van der Waals surface area contributed by atoms with Crippen LogP contribution in [0.3, 0.4) is 0 Å². The Hall–Kier alpha value is 0.0538. The molecule has 0 saturated heterocycles. The van der Waals surface area contributed by atoms with Gasteiger partial charge in [0.05, 0.1) is 19.8 Å². The Morgan fingerprint density at radius 1 is 0.957 bits per heavy atom. The second kappa shape index (κ2) is 7.12. The van der Waals surface area contributed by atoms with Crippen molar-refractivity contribution in [2.45, 2.75) is 83.9 Å². The summed E-state index contributed by atoms with van der Waals surface area (Å²) in [5.41, 5.74) is 1.26. The van der Waals surface area contributed by atoms with Gasteiger partial charge in [-0.3, -0.25) is 0 Å². The number of hydrogen-bond donors (Lipinski definition) is 0. The third kappa shape index (κ3) is 5.53. The van der Waals surface area contributed by atoms with Crippen LogP contribution in [0.4, 0.5) is 0 Å². The molecule has 0 amide bonds. The van der Waals surface area contributed by atoms with E-state index in [2.05, 4.69) is 73.8 Å². The molecular weight excluding hydrogens is 320 g/mol. The Kier molecular flexibility index (Phi) is 6.53. The van der Waals surface area contributed by atoms with Crippen molar-refractivity contribution >= 4 is 16.6 Å². The van der Waals surface area contributed by atoms with Crippen molar-refractivity contribution in [1.29, 1.82) is 0 Å². The third-order valence-electron chi connectivity index (χ3n) is 5.86. The first-order chi connectivity index (χ1) is 10.2. The summed E-state index contributed by atoms with van der Waals surface area (Å²) in [5, 5.41) is 0.466. The van der Waals surface area contributed by atoms with Crippen LogP contribution in [0.15, 0.2) is 11.6 Å². The summed E-state index contributed by atoms with van der Waals surface area (Å²) in [4.78, 5) is 0. The van der Waals surface area contributed by atoms with Crippen LogP contribution in [-0.2, 0) is 13.6 Å². The lowest BCUT2D eigenvalue weighted by Crippen LogP contribution is -2.44. The highest BCUT2D eigenvalue weighted by Crippen LogP contribution is 2.38. The van der Waals surface area contributed by atoms with Gasteiger partial charge in [-0.05, 0) is 41.8 Å². The normalized spacial score (nSPS) is 20.8. The van der Waals surface area contributed by atoms with E-state index in [1.807, 2.05) is 0 Å². The molecule has 5 heteroatoms. The van der Waals surface area contributed by atoms with E-state index in [1.165, 1.54) is 5.57 Å². The fraction of sp³-hybridized carbons (Fsp3) is 0.889. The van der Waals surface area contributed by atoms with Crippen LogP contribution >= 0.6 is 0 Å². The molecule has 0 aromatic heterocycles. The second-order valence-electron chi connectivity index (χ2n) is 9.72. The molecule has 1 rings (SSSR count). The smallest absolute Gasteiger partial charge is 0.192 e. The molecule has 0 aromatic rings. The van der Waals surface area contributed by atoms with Gasteiger partial charge >= 0.3 is 0 Å². The van der Waals surface area contributed by atoms with Gasteiger partial charge in [0.2, 0.25) is 0 Å². The number of rotatable bonds is 6. The van der Waals surface area contributed by atoms with Crippen molar-refractivity contribution in [3.8, 4) is 0 Å². The Bertz CT molecular complexity index is 429. The molecular formula is C18H38O3Si2. The summed E-state index contributed by atoms with van der Waals surface area (Å²) in [6.07, 6.45) is 2.24. The average Bonchev–Trinajstić information content (AvgIpc) is 2.78. The molecule has 0 saturated carbocycles. The molecule has 0 radical (unpaired) electrons. The van der Waals surface area contributed by atoms with Gasteiger partial charge in [0.1, 0.15) is 6.10 Å². The summed E-state index contributed by atoms with van der Waals surface area (Å²) < 4.78 is 18.6. The first-order valence-corrected chi connectivity index (χ1v) is 14.6. The number of hydrogen-bond acceptors (Lipinski definition) is 3. The zero-order valence-electron chi connectivity index (χ0n) is 17.0. The highest BCUT2D eigenvalue weighted by atomic mass is 28.4. The lowest BCUT2D eigenvalue weighted by Gasteiger charge is -2.38. The molecule has 1 heterocycles. The summed E-state index contributed by atoms with van der Waals surface area (Å²) >= 11 is 0. The number of ether oxygens (including phenoxy) is 1. The average molecular weight is 359 g/mol. The maximum absolute atomic E-state index is 6.35. The SMILES string of the molecule is CC(C)(C)[Si](C)(C)OCC1=CCO[C@@H]1CO[Si](C)(C)C(C)(C)C. The Morgan fingerprint density at radius 2 is 1.43 bits per heavy atom. The van der Waals surface area contributed by atoms with Crippen molar-refractivity contribution in [1.82, 2.24) is 0 Å². The molecule has 0 bridgehead atoms. The second-order valence-corrected chi connectivity index (χ2v) is 19.3. The van der Waals surface area contributed by atoms with Gasteiger partial charge < -0.3 is 13.6 Å². The van der Waals surface area contributed by atoms with Crippen LogP contribution < -0.4 is 0 Å². The quantitative estimate of drug-likeness (QED) is 0.473. The maximum Gasteiger partial charge on any atom is 0.192 e. The van der Waals surface area contributed by atoms with Gasteiger partial charge in [0.15, 0.2) is 16.6 Å². The van der Waals surface area contributed by atoms with Gasteiger partial charge in [-0.15, -0.1) is 0 Å². The Balaban J connectivity index is 2.59. The minimum atomic E-state index is -1.73. The maximum atomic E-state index is 6.35. The molecule has 0 spiro atoms. The summed E-state index contributed by atoms with van der Waals surface area (Å²) in [7, 11) is -3.45. The molecule has 0 fully saturated rings. The van der Waals surface area contributed by atoms with E-state index in [-0.39, 0.29) is 16.2 Å². The van der Waals surface area contributed by atoms with Crippen molar-refractivity contribution < 1.29 is 13.6 Å². The monoisotopic (exact) mass is 358 g/mol. The van der Waals surface area contributed by atoms with Crippen LogP contribution in [-0.4, -0.2) is 42.6 Å². The van der Waals surface area contributed by atoms with Crippen LogP contribution in [0.25, 0.3) is 0 Å². The van der Waals surface area contributed by atoms with E-state index in [0.717, 1.165) is 0 Å². The van der Waals surface area contributed by atoms with Gasteiger partial charge in [0, 0.05) is 0 Å². The topological polar surface area (TPSA) is 27.7 Å². The first kappa shape index (κ1) is 21.1. The van der Waals surface area contributed by atoms with Crippen molar-refractivity contribution in [2.24, 2.45) is 0 Å². The molecule has 1 atom stereocenters. The highest BCUT2D eigenvalue weighted by Gasteiger charge is 2.40. The summed E-state index contributed by atoms with van der Waals surface area (Å²) in [6.45, 7) is 24.8. The summed E-state index contributed by atoms with van der Waals surface area (Å²) in [5.74, 6) is 0. The molecule has 0 N–H and O–H groups in total. The predicted molar refractivity (Wildman–Crippen MR) is 104 cm³/mol. The zero-order chi connectivity index (χ0) is 18.1. The van der Waals surface area contributed by atoms with Crippen molar-refractivity contribution in [2.75, 3.05) is 19.8 Å². The lowest BCUT2D eigenvalue weighted by molar-refractivity contribution is 0.0677. The van der Waals surface area contributed by atoms with E-state index < -0.39 is 16.6 Å². The minimum Gasteiger partial charge on any atom is -0.414 e. The fourth-order valence-electron chi connectivity index (χ4n) is 1.80. The highest BCUT2D eigenvalue weighted by molar-refractivity contribution is 6.74. The molecule has 0 aliphatic carbocycles. The predicted octanol–water partition coefficient (Wildman–Crippen LogP) is 5.36. The largest absolute Gasteiger partial charge is 0.414 e. The van der Waals surface area contributed by atoms with E-state index in [9.17, 15) is 0 Å². The molecule has 136 valence electrons. The molecule has 1 aliphatic rings. The Morgan fingerprint density at radius 3 is 1.91 bits per heavy atom. The molecule has 3 nitrogen and oxygen atoms in total.